The monoisotopic (exact) mass is 478 g/mol. The van der Waals surface area contributed by atoms with E-state index in [0.29, 0.717) is 26.3 Å². The predicted molar refractivity (Wildman–Crippen MR) is 129 cm³/mol. The second-order valence-electron chi connectivity index (χ2n) is 10.0. The Kier molecular flexibility index (Phi) is 9.50. The number of hydrogen-bond donors (Lipinski definition) is 3. The molecule has 3 aliphatic rings. The van der Waals surface area contributed by atoms with Crippen LogP contribution in [0, 0.1) is 29.6 Å². The second-order valence-corrected chi connectivity index (χ2v) is 10.0. The lowest BCUT2D eigenvalue weighted by Crippen LogP contribution is -2.54. The molecule has 192 valence electrons. The number of morpholine rings is 1. The third kappa shape index (κ3) is 5.47. The van der Waals surface area contributed by atoms with Crippen LogP contribution < -0.4 is 10.6 Å². The van der Waals surface area contributed by atoms with Gasteiger partial charge >= 0.3 is 0 Å². The van der Waals surface area contributed by atoms with Gasteiger partial charge in [0.05, 0.1) is 37.7 Å². The van der Waals surface area contributed by atoms with Crippen molar-refractivity contribution in [3.63, 3.8) is 0 Å². The zero-order chi connectivity index (χ0) is 24.8. The summed E-state index contributed by atoms with van der Waals surface area (Å²) in [5.74, 6) is -2.20. The Bertz CT molecular complexity index is 752. The number of hydrogen-bond acceptors (Lipinski definition) is 6. The maximum atomic E-state index is 13.9. The molecule has 1 aliphatic carbocycles. The Morgan fingerprint density at radius 3 is 2.50 bits per heavy atom. The van der Waals surface area contributed by atoms with Crippen molar-refractivity contribution in [2.24, 2.45) is 29.6 Å². The first-order chi connectivity index (χ1) is 16.3. The average molecular weight is 479 g/mol. The summed E-state index contributed by atoms with van der Waals surface area (Å²) in [5.41, 5.74) is 0. The molecule has 2 saturated heterocycles. The first kappa shape index (κ1) is 26.6. The molecule has 0 radical (unpaired) electrons. The van der Waals surface area contributed by atoms with Crippen LogP contribution in [-0.4, -0.2) is 97.8 Å². The highest BCUT2D eigenvalue weighted by atomic mass is 16.5. The summed E-state index contributed by atoms with van der Waals surface area (Å²) < 4.78 is 5.38. The van der Waals surface area contributed by atoms with Crippen LogP contribution in [0.25, 0.3) is 0 Å². The first-order valence-electron chi connectivity index (χ1n) is 12.8. The van der Waals surface area contributed by atoms with Crippen LogP contribution in [0.2, 0.25) is 0 Å². The van der Waals surface area contributed by atoms with Crippen molar-refractivity contribution in [2.45, 2.75) is 45.7 Å². The van der Waals surface area contributed by atoms with Gasteiger partial charge in [0.2, 0.25) is 17.7 Å². The van der Waals surface area contributed by atoms with Gasteiger partial charge in [-0.05, 0) is 18.3 Å². The number of rotatable bonds is 10. The molecule has 2 heterocycles. The Hall–Kier alpha value is -1.97. The molecular weight excluding hydrogens is 436 g/mol. The van der Waals surface area contributed by atoms with Gasteiger partial charge in [0.1, 0.15) is 6.04 Å². The number of nitrogens with zero attached hydrogens (tertiary/aromatic N) is 2. The molecule has 0 aromatic rings. The number of likely N-dealkylation sites (tertiary alicyclic amines) is 1. The van der Waals surface area contributed by atoms with E-state index in [9.17, 15) is 19.5 Å². The summed E-state index contributed by atoms with van der Waals surface area (Å²) in [6.07, 6.45) is 5.70. The van der Waals surface area contributed by atoms with E-state index in [4.69, 9.17) is 4.74 Å². The van der Waals surface area contributed by atoms with E-state index >= 15 is 0 Å². The predicted octanol–water partition coefficient (Wildman–Crippen LogP) is 0.243. The molecule has 9 nitrogen and oxygen atoms in total. The number of ether oxygens (including phenoxy) is 1. The van der Waals surface area contributed by atoms with Crippen molar-refractivity contribution >= 4 is 17.7 Å². The van der Waals surface area contributed by atoms with Gasteiger partial charge in [-0.2, -0.15) is 0 Å². The molecule has 0 spiro atoms. The molecular formula is C25H42N4O5. The number of carbonyl (C=O) groups excluding carboxylic acids is 3. The van der Waals surface area contributed by atoms with Crippen LogP contribution in [0.4, 0.5) is 0 Å². The highest BCUT2D eigenvalue weighted by Crippen LogP contribution is 2.46. The van der Waals surface area contributed by atoms with Gasteiger partial charge in [0.15, 0.2) is 0 Å². The topological polar surface area (TPSA) is 111 Å². The first-order valence-corrected chi connectivity index (χ1v) is 12.8. The fourth-order valence-electron chi connectivity index (χ4n) is 5.82. The maximum absolute atomic E-state index is 13.9. The maximum Gasteiger partial charge on any atom is 0.243 e. The summed E-state index contributed by atoms with van der Waals surface area (Å²) >= 11 is 0. The molecule has 6 atom stereocenters. The number of aliphatic hydroxyl groups excluding tert-OH is 1. The van der Waals surface area contributed by atoms with Crippen LogP contribution in [0.5, 0.6) is 0 Å². The Labute approximate surface area is 203 Å². The number of nitrogens with one attached hydrogen (secondary N) is 2. The smallest absolute Gasteiger partial charge is 0.243 e. The fraction of sp³-hybridized carbons (Fsp3) is 0.800. The molecule has 2 aliphatic heterocycles. The van der Waals surface area contributed by atoms with Crippen LogP contribution in [0.3, 0.4) is 0 Å². The molecule has 0 aromatic heterocycles. The van der Waals surface area contributed by atoms with Crippen LogP contribution >= 0.6 is 0 Å². The summed E-state index contributed by atoms with van der Waals surface area (Å²) in [5, 5.41) is 15.9. The molecule has 3 N–H and O–H groups in total. The van der Waals surface area contributed by atoms with Gasteiger partial charge in [0.25, 0.3) is 0 Å². The number of amides is 3. The standard InChI is InChI=1S/C25H42N4O5/c1-5-6-17-7-8-18-21(20(17)23(31)26-4)25(33)29(19(15-30)16(2)3)22(18)24(32)27-9-10-28-11-13-34-14-12-28/h7-8,16-22,30H,5-6,9-15H2,1-4H3,(H,26,31)(H,27,32)/t17-,18+,19+,20-,21-,22+/m1/s1. The van der Waals surface area contributed by atoms with Crippen molar-refractivity contribution in [3.05, 3.63) is 12.2 Å². The lowest BCUT2D eigenvalue weighted by Gasteiger charge is -2.35. The van der Waals surface area contributed by atoms with Gasteiger partial charge in [-0.25, -0.2) is 0 Å². The lowest BCUT2D eigenvalue weighted by molar-refractivity contribution is -0.144. The zero-order valence-corrected chi connectivity index (χ0v) is 21.0. The molecule has 2 fully saturated rings. The number of allylic oxidation sites excluding steroid dienone is 1. The van der Waals surface area contributed by atoms with Crippen molar-refractivity contribution in [2.75, 3.05) is 53.0 Å². The van der Waals surface area contributed by atoms with Gasteiger partial charge < -0.3 is 25.4 Å². The molecule has 0 unspecified atom stereocenters. The number of aliphatic hydroxyl groups is 1. The molecule has 9 heteroatoms. The average Bonchev–Trinajstić information content (AvgIpc) is 3.12. The van der Waals surface area contributed by atoms with Gasteiger partial charge in [-0.3, -0.25) is 19.3 Å². The molecule has 34 heavy (non-hydrogen) atoms. The molecule has 3 rings (SSSR count). The minimum Gasteiger partial charge on any atom is -0.394 e. The highest BCUT2D eigenvalue weighted by Gasteiger charge is 2.58. The van der Waals surface area contributed by atoms with E-state index in [2.05, 4.69) is 22.5 Å². The fourth-order valence-corrected chi connectivity index (χ4v) is 5.82. The number of fused-ring (bicyclic) bond motifs is 1. The SMILES string of the molecule is CCC[C@@H]1C=C[C@H]2[C@@H](C(=O)N([C@@H](CO)C(C)C)[C@@H]2C(=O)NCCN2CCOCC2)[C@@H]1C(=O)NC. The van der Waals surface area contributed by atoms with E-state index in [1.165, 1.54) is 0 Å². The minimum atomic E-state index is -0.743. The van der Waals surface area contributed by atoms with E-state index in [1.54, 1.807) is 11.9 Å². The van der Waals surface area contributed by atoms with Crippen LogP contribution in [-0.2, 0) is 19.1 Å². The van der Waals surface area contributed by atoms with E-state index in [1.807, 2.05) is 26.0 Å². The zero-order valence-electron chi connectivity index (χ0n) is 21.0. The summed E-state index contributed by atoms with van der Waals surface area (Å²) in [6, 6.07) is -1.23. The third-order valence-corrected chi connectivity index (χ3v) is 7.63. The quantitative estimate of drug-likeness (QED) is 0.388. The molecule has 0 aromatic carbocycles. The van der Waals surface area contributed by atoms with Crippen molar-refractivity contribution in [1.29, 1.82) is 0 Å². The largest absolute Gasteiger partial charge is 0.394 e. The minimum absolute atomic E-state index is 0.0355. The summed E-state index contributed by atoms with van der Waals surface area (Å²) in [6.45, 7) is 9.97. The van der Waals surface area contributed by atoms with E-state index in [0.717, 1.165) is 25.9 Å². The second kappa shape index (κ2) is 12.1. The van der Waals surface area contributed by atoms with Crippen molar-refractivity contribution in [1.82, 2.24) is 20.4 Å². The van der Waals surface area contributed by atoms with Crippen molar-refractivity contribution in [3.8, 4) is 0 Å². The van der Waals surface area contributed by atoms with Crippen molar-refractivity contribution < 1.29 is 24.2 Å². The molecule has 0 saturated carbocycles. The Morgan fingerprint density at radius 1 is 1.21 bits per heavy atom. The van der Waals surface area contributed by atoms with Gasteiger partial charge in [-0.15, -0.1) is 0 Å². The van der Waals surface area contributed by atoms with Crippen LogP contribution in [0.1, 0.15) is 33.6 Å². The number of carbonyl (C=O) groups is 3. The normalized spacial score (nSPS) is 30.4. The highest BCUT2D eigenvalue weighted by molar-refractivity contribution is 5.97. The summed E-state index contributed by atoms with van der Waals surface area (Å²) in [7, 11) is 1.59. The Balaban J connectivity index is 1.87. The third-order valence-electron chi connectivity index (χ3n) is 7.63. The Morgan fingerprint density at radius 2 is 1.91 bits per heavy atom. The van der Waals surface area contributed by atoms with E-state index in [-0.39, 0.29) is 36.2 Å². The molecule has 3 amide bonds. The molecule has 0 bridgehead atoms. The lowest BCUT2D eigenvalue weighted by atomic mass is 9.68. The van der Waals surface area contributed by atoms with E-state index < -0.39 is 29.8 Å². The summed E-state index contributed by atoms with van der Waals surface area (Å²) in [4.78, 5) is 44.2. The van der Waals surface area contributed by atoms with Gasteiger partial charge in [-0.1, -0.05) is 39.3 Å². The van der Waals surface area contributed by atoms with Gasteiger partial charge in [0, 0.05) is 39.1 Å². The van der Waals surface area contributed by atoms with Crippen LogP contribution in [0.15, 0.2) is 12.2 Å².